The quantitative estimate of drug-likeness (QED) is 0.660. The molecule has 0 unspecified atom stereocenters. The van der Waals surface area contributed by atoms with Crippen LogP contribution in [0.2, 0.25) is 0 Å². The average Bonchev–Trinajstić information content (AvgIpc) is 2.75. The molecule has 1 aliphatic heterocycles. The van der Waals surface area contributed by atoms with E-state index in [1.807, 2.05) is 56.0 Å². The molecule has 1 N–H and O–H groups in total. The van der Waals surface area contributed by atoms with Gasteiger partial charge in [-0.1, -0.05) is 25.1 Å². The largest absolute Gasteiger partial charge is 0.477 e. The summed E-state index contributed by atoms with van der Waals surface area (Å²) in [6.45, 7) is 9.48. The summed E-state index contributed by atoms with van der Waals surface area (Å²) >= 11 is 0. The molecule has 0 spiro atoms. The Kier molecular flexibility index (Phi) is 8.00. The Hall–Kier alpha value is -2.93. The first-order chi connectivity index (χ1) is 15.0. The molecule has 2 amide bonds. The number of benzene rings is 1. The number of para-hydroxylation sites is 1. The Morgan fingerprint density at radius 3 is 2.65 bits per heavy atom. The van der Waals surface area contributed by atoms with Crippen molar-refractivity contribution >= 4 is 28.8 Å². The van der Waals surface area contributed by atoms with Gasteiger partial charge in [0.05, 0.1) is 18.7 Å². The average molecular weight is 425 g/mol. The van der Waals surface area contributed by atoms with E-state index in [2.05, 4.69) is 15.2 Å². The number of nitrogens with zero attached hydrogens (tertiary/aromatic N) is 3. The predicted molar refractivity (Wildman–Crippen MR) is 123 cm³/mol. The van der Waals surface area contributed by atoms with Crippen LogP contribution in [0.3, 0.4) is 0 Å². The number of aromatic nitrogens is 1. The summed E-state index contributed by atoms with van der Waals surface area (Å²) < 4.78 is 5.82. The Bertz CT molecular complexity index is 934. The highest BCUT2D eigenvalue weighted by molar-refractivity contribution is 5.93. The topological polar surface area (TPSA) is 74.8 Å². The zero-order valence-electron chi connectivity index (χ0n) is 18.6. The number of rotatable bonds is 8. The summed E-state index contributed by atoms with van der Waals surface area (Å²) in [7, 11) is 0. The lowest BCUT2D eigenvalue weighted by Gasteiger charge is -2.33. The van der Waals surface area contributed by atoms with Crippen molar-refractivity contribution in [2.75, 3.05) is 39.3 Å². The van der Waals surface area contributed by atoms with E-state index in [1.165, 1.54) is 0 Å². The fourth-order valence-corrected chi connectivity index (χ4v) is 3.51. The van der Waals surface area contributed by atoms with Gasteiger partial charge in [-0.15, -0.1) is 0 Å². The van der Waals surface area contributed by atoms with Crippen LogP contribution in [-0.4, -0.2) is 72.0 Å². The first-order valence-electron chi connectivity index (χ1n) is 11.0. The maximum atomic E-state index is 12.7. The minimum Gasteiger partial charge on any atom is -0.477 e. The van der Waals surface area contributed by atoms with Gasteiger partial charge in [-0.2, -0.15) is 0 Å². The summed E-state index contributed by atoms with van der Waals surface area (Å²) in [6, 6.07) is 10.0. The lowest BCUT2D eigenvalue weighted by atomic mass is 10.1. The highest BCUT2D eigenvalue weighted by atomic mass is 16.5. The monoisotopic (exact) mass is 424 g/mol. The van der Waals surface area contributed by atoms with Crippen LogP contribution in [-0.2, 0) is 9.59 Å². The summed E-state index contributed by atoms with van der Waals surface area (Å²) in [5.41, 5.74) is 1.67. The number of carbonyl (C=O) groups excluding carboxylic acids is 2. The van der Waals surface area contributed by atoms with Crippen molar-refractivity contribution in [2.24, 2.45) is 0 Å². The Morgan fingerprint density at radius 1 is 1.19 bits per heavy atom. The van der Waals surface area contributed by atoms with Crippen LogP contribution >= 0.6 is 0 Å². The number of fused-ring (bicyclic) bond motifs is 1. The number of carbonyl (C=O) groups is 2. The van der Waals surface area contributed by atoms with E-state index < -0.39 is 0 Å². The minimum absolute atomic E-state index is 0.0260. The number of piperazine rings is 1. The van der Waals surface area contributed by atoms with Crippen molar-refractivity contribution < 1.29 is 14.3 Å². The van der Waals surface area contributed by atoms with E-state index in [4.69, 9.17) is 4.74 Å². The molecule has 0 bridgehead atoms. The van der Waals surface area contributed by atoms with Crippen LogP contribution in [0.1, 0.15) is 32.8 Å². The molecule has 0 aliphatic carbocycles. The van der Waals surface area contributed by atoms with Crippen LogP contribution in [0.5, 0.6) is 5.88 Å². The number of amides is 2. The van der Waals surface area contributed by atoms with Crippen LogP contribution in [0.4, 0.5) is 0 Å². The van der Waals surface area contributed by atoms with Crippen molar-refractivity contribution in [1.29, 1.82) is 0 Å². The fourth-order valence-electron chi connectivity index (χ4n) is 3.51. The molecule has 1 aromatic carbocycles. The van der Waals surface area contributed by atoms with E-state index in [0.29, 0.717) is 45.2 Å². The van der Waals surface area contributed by atoms with E-state index in [0.717, 1.165) is 22.9 Å². The van der Waals surface area contributed by atoms with Crippen LogP contribution in [0.25, 0.3) is 17.0 Å². The van der Waals surface area contributed by atoms with Gasteiger partial charge in [-0.25, -0.2) is 4.98 Å². The molecule has 166 valence electrons. The van der Waals surface area contributed by atoms with Gasteiger partial charge in [0.2, 0.25) is 17.7 Å². The molecule has 2 heterocycles. The Balaban J connectivity index is 1.62. The van der Waals surface area contributed by atoms with Gasteiger partial charge in [0.15, 0.2) is 0 Å². The number of hydrogen-bond acceptors (Lipinski definition) is 5. The second-order valence-corrected chi connectivity index (χ2v) is 8.08. The molecule has 31 heavy (non-hydrogen) atoms. The van der Waals surface area contributed by atoms with E-state index in [-0.39, 0.29) is 17.9 Å². The predicted octanol–water partition coefficient (Wildman–Crippen LogP) is 2.71. The summed E-state index contributed by atoms with van der Waals surface area (Å²) in [6.07, 6.45) is 4.26. The molecule has 7 heteroatoms. The number of nitrogens with one attached hydrogen (secondary N) is 1. The zero-order chi connectivity index (χ0) is 22.2. The van der Waals surface area contributed by atoms with Gasteiger partial charge in [0.25, 0.3) is 0 Å². The van der Waals surface area contributed by atoms with Crippen LogP contribution in [0, 0.1) is 0 Å². The van der Waals surface area contributed by atoms with Crippen LogP contribution in [0.15, 0.2) is 36.4 Å². The molecular weight excluding hydrogens is 392 g/mol. The maximum Gasteiger partial charge on any atom is 0.246 e. The third kappa shape index (κ3) is 6.52. The van der Waals surface area contributed by atoms with Gasteiger partial charge in [-0.3, -0.25) is 14.5 Å². The maximum absolute atomic E-state index is 12.7. The van der Waals surface area contributed by atoms with Crippen molar-refractivity contribution in [1.82, 2.24) is 20.1 Å². The first kappa shape index (κ1) is 22.7. The highest BCUT2D eigenvalue weighted by Crippen LogP contribution is 2.24. The molecule has 0 saturated carbocycles. The zero-order valence-corrected chi connectivity index (χ0v) is 18.6. The summed E-state index contributed by atoms with van der Waals surface area (Å²) in [5, 5.41) is 3.91. The third-order valence-electron chi connectivity index (χ3n) is 5.07. The molecule has 7 nitrogen and oxygen atoms in total. The van der Waals surface area contributed by atoms with E-state index in [9.17, 15) is 9.59 Å². The summed E-state index contributed by atoms with van der Waals surface area (Å²) in [5.74, 6) is 0.532. The van der Waals surface area contributed by atoms with E-state index in [1.54, 1.807) is 12.2 Å². The minimum atomic E-state index is -0.0408. The molecular formula is C24H32N4O3. The lowest BCUT2D eigenvalue weighted by molar-refractivity contribution is -0.128. The molecule has 1 saturated heterocycles. The Morgan fingerprint density at radius 2 is 1.94 bits per heavy atom. The van der Waals surface area contributed by atoms with Gasteiger partial charge in [0, 0.05) is 49.2 Å². The third-order valence-corrected chi connectivity index (χ3v) is 5.07. The van der Waals surface area contributed by atoms with Gasteiger partial charge < -0.3 is 15.0 Å². The van der Waals surface area contributed by atoms with Gasteiger partial charge in [0.1, 0.15) is 0 Å². The fraction of sp³-hybridized carbons (Fsp3) is 0.458. The SMILES string of the molecule is CCCOc1nc2ccccc2cc1/C=C/C(=O)N1CCN(CC(=O)NC(C)C)CC1. The van der Waals surface area contributed by atoms with Crippen molar-refractivity contribution in [3.05, 3.63) is 42.0 Å². The molecule has 1 aliphatic rings. The van der Waals surface area contributed by atoms with Gasteiger partial charge >= 0.3 is 0 Å². The highest BCUT2D eigenvalue weighted by Gasteiger charge is 2.21. The second kappa shape index (κ2) is 10.9. The molecule has 1 aromatic heterocycles. The smallest absolute Gasteiger partial charge is 0.246 e. The first-order valence-corrected chi connectivity index (χ1v) is 11.0. The Labute approximate surface area is 184 Å². The number of hydrogen-bond donors (Lipinski definition) is 1. The molecule has 1 fully saturated rings. The molecule has 2 aromatic rings. The summed E-state index contributed by atoms with van der Waals surface area (Å²) in [4.78, 5) is 33.2. The van der Waals surface area contributed by atoms with Crippen molar-refractivity contribution in [3.8, 4) is 5.88 Å². The van der Waals surface area contributed by atoms with Crippen molar-refractivity contribution in [2.45, 2.75) is 33.2 Å². The van der Waals surface area contributed by atoms with Crippen LogP contribution < -0.4 is 10.1 Å². The number of ether oxygens (including phenoxy) is 1. The second-order valence-electron chi connectivity index (χ2n) is 8.08. The normalized spacial score (nSPS) is 15.0. The molecule has 0 radical (unpaired) electrons. The van der Waals surface area contributed by atoms with Crippen molar-refractivity contribution in [3.63, 3.8) is 0 Å². The lowest BCUT2D eigenvalue weighted by Crippen LogP contribution is -2.51. The van der Waals surface area contributed by atoms with E-state index >= 15 is 0 Å². The molecule has 3 rings (SSSR count). The molecule has 0 atom stereocenters. The van der Waals surface area contributed by atoms with Gasteiger partial charge in [-0.05, 0) is 38.5 Å². The standard InChI is InChI=1S/C24H32N4O3/c1-4-15-31-24-20(16-19-7-5-6-8-21(19)26-24)9-10-23(30)28-13-11-27(12-14-28)17-22(29)25-18(2)3/h5-10,16,18H,4,11-15,17H2,1-3H3,(H,25,29)/b10-9+. The number of pyridine rings is 1.